The Hall–Kier alpha value is -4.06. The molecule has 1 aliphatic carbocycles. The Morgan fingerprint density at radius 2 is 1.10 bits per heavy atom. The molecule has 6 rings (SSSR count). The molecule has 1 aliphatic heterocycles. The third kappa shape index (κ3) is 6.88. The van der Waals surface area contributed by atoms with E-state index in [1.165, 1.54) is 37.8 Å². The van der Waals surface area contributed by atoms with Gasteiger partial charge in [0.05, 0.1) is 0 Å². The quantitative estimate of drug-likeness (QED) is 0.325. The first-order valence-electron chi connectivity index (χ1n) is 13.0. The largest absolute Gasteiger partial charge is 0.872 e. The van der Waals surface area contributed by atoms with Gasteiger partial charge in [0.2, 0.25) is 0 Å². The van der Waals surface area contributed by atoms with Crippen molar-refractivity contribution in [2.45, 2.75) is 37.8 Å². The van der Waals surface area contributed by atoms with Crippen molar-refractivity contribution in [3.63, 3.8) is 0 Å². The SMILES string of the molecule is Oc1ccccc1C=[N+]1[Mn][N+](=Cc2ccccc2O)[C@@H]2CCCC[C@H]21.[O-]c1ccc(Oc2ccccc2)cc1. The first-order valence-corrected chi connectivity index (χ1v) is 14.1. The third-order valence-corrected chi connectivity index (χ3v) is 8.34. The number of phenolic OH excluding ortho intramolecular Hbond substituents is 2. The zero-order chi connectivity index (χ0) is 27.0. The Morgan fingerprint density at radius 1 is 0.641 bits per heavy atom. The van der Waals surface area contributed by atoms with Crippen molar-refractivity contribution < 1.29 is 42.6 Å². The molecule has 4 aromatic rings. The van der Waals surface area contributed by atoms with Crippen molar-refractivity contribution >= 4 is 12.4 Å². The summed E-state index contributed by atoms with van der Waals surface area (Å²) in [6.45, 7) is 0. The zero-order valence-electron chi connectivity index (χ0n) is 21.4. The van der Waals surface area contributed by atoms with Crippen LogP contribution in [0.25, 0.3) is 0 Å². The maximum absolute atomic E-state index is 10.8. The standard InChI is InChI=1S/C20H22N2O2.C12H10O2.Mn/c23-19-11-5-1-7-15(19)13-21-17-9-3-4-10-18(17)22-14-16-8-2-6-12-20(16)24;13-10-6-8-12(9-7-10)14-11-4-2-1-3-5-11;/h1-2,5-8,11-14,17-18,23-24H,3-4,9-10H2;1-9,13H;/q;;+2/p-1/t17-,18-;;/m1../s1. The second kappa shape index (κ2) is 12.7. The van der Waals surface area contributed by atoms with Crippen molar-refractivity contribution in [2.24, 2.45) is 0 Å². The molecular formula is C32H31MnN2O4+. The molecule has 2 N–H and O–H groups in total. The number of fused-ring (bicyclic) bond motifs is 1. The fourth-order valence-corrected chi connectivity index (χ4v) is 6.55. The van der Waals surface area contributed by atoms with Gasteiger partial charge in [-0.25, -0.2) is 0 Å². The number of nitrogens with zero attached hydrogens (tertiary/aromatic N) is 2. The molecule has 0 spiro atoms. The Labute approximate surface area is 235 Å². The summed E-state index contributed by atoms with van der Waals surface area (Å²) >= 11 is 0.446. The van der Waals surface area contributed by atoms with Crippen molar-refractivity contribution in [3.8, 4) is 28.7 Å². The van der Waals surface area contributed by atoms with Gasteiger partial charge in [-0.05, 0) is 24.3 Å². The number of hydrogen-bond acceptors (Lipinski definition) is 4. The summed E-state index contributed by atoms with van der Waals surface area (Å²) in [6, 6.07) is 31.7. The molecule has 1 saturated carbocycles. The molecule has 0 aromatic heterocycles. The number of benzene rings is 4. The summed E-state index contributed by atoms with van der Waals surface area (Å²) in [7, 11) is 0. The maximum Gasteiger partial charge on any atom is 0.127 e. The second-order valence-electron chi connectivity index (χ2n) is 9.45. The number of hydrogen-bond donors (Lipinski definition) is 2. The van der Waals surface area contributed by atoms with Crippen molar-refractivity contribution in [1.29, 1.82) is 0 Å². The van der Waals surface area contributed by atoms with E-state index in [0.717, 1.165) is 16.9 Å². The van der Waals surface area contributed by atoms with Crippen LogP contribution < -0.4 is 9.84 Å². The van der Waals surface area contributed by atoms with Crippen LogP contribution >= 0.6 is 0 Å². The monoisotopic (exact) mass is 562 g/mol. The van der Waals surface area contributed by atoms with E-state index in [2.05, 4.69) is 19.6 Å². The molecule has 4 aromatic carbocycles. The Kier molecular flexibility index (Phi) is 8.61. The molecular weight excluding hydrogens is 531 g/mol. The third-order valence-electron chi connectivity index (χ3n) is 6.70. The molecule has 0 amide bonds. The van der Waals surface area contributed by atoms with Crippen LogP contribution in [-0.4, -0.2) is 41.9 Å². The van der Waals surface area contributed by atoms with Crippen LogP contribution in [0.15, 0.2) is 103 Å². The minimum atomic E-state index is -0.00888. The molecule has 1 heterocycles. The average molecular weight is 563 g/mol. The fraction of sp³-hybridized carbons (Fsp3) is 0.188. The molecule has 199 valence electrons. The Balaban J connectivity index is 0.000000186. The molecule has 1 saturated heterocycles. The summed E-state index contributed by atoms with van der Waals surface area (Å²) in [5.41, 5.74) is 1.73. The summed E-state index contributed by atoms with van der Waals surface area (Å²) < 4.78 is 10.2. The van der Waals surface area contributed by atoms with E-state index in [4.69, 9.17) is 4.74 Å². The van der Waals surface area contributed by atoms with Gasteiger partial charge in [-0.3, -0.25) is 0 Å². The molecule has 7 heteroatoms. The number of ether oxygens (including phenoxy) is 1. The van der Waals surface area contributed by atoms with Crippen LogP contribution in [0.1, 0.15) is 36.8 Å². The average Bonchev–Trinajstić information content (AvgIpc) is 3.30. The molecule has 39 heavy (non-hydrogen) atoms. The van der Waals surface area contributed by atoms with Crippen LogP contribution in [0.5, 0.6) is 28.7 Å². The van der Waals surface area contributed by atoms with Gasteiger partial charge < -0.3 is 9.84 Å². The fourth-order valence-electron chi connectivity index (χ4n) is 4.71. The smallest absolute Gasteiger partial charge is 0.127 e. The van der Waals surface area contributed by atoms with Gasteiger partial charge in [0.15, 0.2) is 0 Å². The first-order chi connectivity index (χ1) is 19.1. The molecule has 2 aliphatic rings. The first kappa shape index (κ1) is 26.5. The summed E-state index contributed by atoms with van der Waals surface area (Å²) in [6.07, 6.45) is 9.04. The van der Waals surface area contributed by atoms with Gasteiger partial charge in [0.1, 0.15) is 11.5 Å². The molecule has 0 radical (unpaired) electrons. The second-order valence-corrected chi connectivity index (χ2v) is 10.9. The Morgan fingerprint density at radius 3 is 1.62 bits per heavy atom. The van der Waals surface area contributed by atoms with Crippen molar-refractivity contribution in [2.75, 3.05) is 0 Å². The van der Waals surface area contributed by atoms with E-state index < -0.39 is 0 Å². The maximum atomic E-state index is 10.8. The minimum absolute atomic E-state index is 0.00888. The Bertz CT molecular complexity index is 1390. The molecule has 2 fully saturated rings. The molecule has 6 nitrogen and oxygen atoms in total. The molecule has 2 atom stereocenters. The zero-order valence-corrected chi connectivity index (χ0v) is 22.6. The summed E-state index contributed by atoms with van der Waals surface area (Å²) in [5, 5.41) is 31.0. The molecule has 0 bridgehead atoms. The van der Waals surface area contributed by atoms with Gasteiger partial charge in [0, 0.05) is 0 Å². The van der Waals surface area contributed by atoms with Crippen molar-refractivity contribution in [3.05, 3.63) is 114 Å². The molecule has 0 unspecified atom stereocenters. The summed E-state index contributed by atoms with van der Waals surface area (Å²) in [5.74, 6) is 2.08. The summed E-state index contributed by atoms with van der Waals surface area (Å²) in [4.78, 5) is 0. The van der Waals surface area contributed by atoms with Crippen LogP contribution in [0.2, 0.25) is 0 Å². The predicted molar refractivity (Wildman–Crippen MR) is 146 cm³/mol. The number of phenols is 2. The van der Waals surface area contributed by atoms with E-state index in [0.29, 0.717) is 44.7 Å². The van der Waals surface area contributed by atoms with E-state index in [1.807, 2.05) is 66.7 Å². The topological polar surface area (TPSA) is 78.8 Å². The minimum Gasteiger partial charge on any atom is -0.872 e. The van der Waals surface area contributed by atoms with Crippen LogP contribution in [0.3, 0.4) is 0 Å². The number of rotatable bonds is 4. The normalized spacial score (nSPS) is 20.2. The van der Waals surface area contributed by atoms with Gasteiger partial charge in [0.25, 0.3) is 0 Å². The van der Waals surface area contributed by atoms with Crippen molar-refractivity contribution in [1.82, 2.24) is 0 Å². The van der Waals surface area contributed by atoms with E-state index in [1.54, 1.807) is 24.3 Å². The number of aromatic hydroxyl groups is 2. The van der Waals surface area contributed by atoms with Gasteiger partial charge in [-0.2, -0.15) is 0 Å². The van der Waals surface area contributed by atoms with E-state index >= 15 is 0 Å². The van der Waals surface area contributed by atoms with E-state index in [9.17, 15) is 15.3 Å². The van der Waals surface area contributed by atoms with Crippen LogP contribution in [0.4, 0.5) is 0 Å². The van der Waals surface area contributed by atoms with E-state index in [-0.39, 0.29) is 5.75 Å². The van der Waals surface area contributed by atoms with Crippen LogP contribution in [-0.2, 0) is 15.4 Å². The van der Waals surface area contributed by atoms with Crippen LogP contribution in [0, 0.1) is 0 Å². The van der Waals surface area contributed by atoms with Gasteiger partial charge in [-0.15, -0.1) is 5.75 Å². The van der Waals surface area contributed by atoms with Gasteiger partial charge >= 0.3 is 154 Å². The van der Waals surface area contributed by atoms with Gasteiger partial charge in [-0.1, -0.05) is 30.3 Å². The number of para-hydroxylation sites is 3. The predicted octanol–water partition coefficient (Wildman–Crippen LogP) is 5.45.